The van der Waals surface area contributed by atoms with Crippen molar-refractivity contribution in [2.75, 3.05) is 5.75 Å². The Kier molecular flexibility index (Phi) is 4.29. The molecule has 0 aliphatic carbocycles. The minimum atomic E-state index is 0.233. The van der Waals surface area contributed by atoms with Gasteiger partial charge in [0, 0.05) is 28.2 Å². The number of hydrogen-bond acceptors (Lipinski definition) is 3. The van der Waals surface area contributed by atoms with Crippen molar-refractivity contribution in [1.82, 2.24) is 10.3 Å². The van der Waals surface area contributed by atoms with E-state index in [1.807, 2.05) is 36.2 Å². The maximum absolute atomic E-state index is 6.15. The van der Waals surface area contributed by atoms with Crippen molar-refractivity contribution in [3.05, 3.63) is 58.9 Å². The lowest BCUT2D eigenvalue weighted by Gasteiger charge is -2.29. The number of hydrogen-bond donors (Lipinski definition) is 1. The van der Waals surface area contributed by atoms with Crippen LogP contribution in [0.3, 0.4) is 0 Å². The summed E-state index contributed by atoms with van der Waals surface area (Å²) in [5.41, 5.74) is 2.39. The molecule has 2 atom stereocenters. The smallest absolute Gasteiger partial charge is 0.0570 e. The van der Waals surface area contributed by atoms with Gasteiger partial charge in [-0.25, -0.2) is 0 Å². The highest BCUT2D eigenvalue weighted by Crippen LogP contribution is 2.38. The van der Waals surface area contributed by atoms with Gasteiger partial charge in [0.2, 0.25) is 0 Å². The lowest BCUT2D eigenvalue weighted by molar-refractivity contribution is 0.444. The van der Waals surface area contributed by atoms with E-state index in [1.54, 1.807) is 0 Å². The van der Waals surface area contributed by atoms with E-state index in [0.29, 0.717) is 6.04 Å². The van der Waals surface area contributed by atoms with Crippen molar-refractivity contribution in [2.45, 2.75) is 30.3 Å². The first-order valence-electron chi connectivity index (χ1n) is 6.83. The Balaban J connectivity index is 1.81. The van der Waals surface area contributed by atoms with Gasteiger partial charge in [-0.05, 0) is 55.0 Å². The van der Waals surface area contributed by atoms with Crippen molar-refractivity contribution in [3.8, 4) is 0 Å². The third-order valence-corrected chi connectivity index (χ3v) is 4.95. The predicted molar refractivity (Wildman–Crippen MR) is 85.3 cm³/mol. The molecule has 0 spiro atoms. The van der Waals surface area contributed by atoms with Crippen LogP contribution in [0.4, 0.5) is 0 Å². The second-order valence-corrected chi connectivity index (χ2v) is 6.59. The molecular weight excluding hydrogens is 288 g/mol. The van der Waals surface area contributed by atoms with Gasteiger partial charge in [-0.15, -0.1) is 11.8 Å². The summed E-state index contributed by atoms with van der Waals surface area (Å²) in [7, 11) is 0. The van der Waals surface area contributed by atoms with Gasteiger partial charge >= 0.3 is 0 Å². The van der Waals surface area contributed by atoms with E-state index in [1.165, 1.54) is 10.5 Å². The first-order chi connectivity index (χ1) is 9.74. The van der Waals surface area contributed by atoms with Crippen LogP contribution in [-0.2, 0) is 0 Å². The summed E-state index contributed by atoms with van der Waals surface area (Å²) in [6.07, 6.45) is 2.96. The molecule has 3 rings (SSSR count). The zero-order valence-corrected chi connectivity index (χ0v) is 12.9. The van der Waals surface area contributed by atoms with E-state index in [4.69, 9.17) is 11.6 Å². The van der Waals surface area contributed by atoms with E-state index in [9.17, 15) is 0 Å². The Morgan fingerprint density at radius 1 is 1.35 bits per heavy atom. The number of rotatable bonds is 3. The van der Waals surface area contributed by atoms with Gasteiger partial charge in [0.05, 0.1) is 5.69 Å². The van der Waals surface area contributed by atoms with Crippen LogP contribution in [0.2, 0.25) is 5.02 Å². The van der Waals surface area contributed by atoms with Gasteiger partial charge in [0.25, 0.3) is 0 Å². The van der Waals surface area contributed by atoms with Gasteiger partial charge in [-0.3, -0.25) is 4.98 Å². The number of benzene rings is 1. The maximum atomic E-state index is 6.15. The maximum Gasteiger partial charge on any atom is 0.0570 e. The minimum absolute atomic E-state index is 0.233. The molecule has 0 radical (unpaired) electrons. The molecule has 4 heteroatoms. The average molecular weight is 305 g/mol. The summed E-state index contributed by atoms with van der Waals surface area (Å²) >= 11 is 8.06. The van der Waals surface area contributed by atoms with Crippen LogP contribution in [0.5, 0.6) is 0 Å². The van der Waals surface area contributed by atoms with Gasteiger partial charge in [-0.1, -0.05) is 17.7 Å². The van der Waals surface area contributed by atoms with Gasteiger partial charge in [-0.2, -0.15) is 0 Å². The molecule has 1 aliphatic rings. The molecule has 1 aromatic carbocycles. The zero-order chi connectivity index (χ0) is 13.9. The van der Waals surface area contributed by atoms with Crippen LogP contribution in [0.1, 0.15) is 36.7 Å². The second-order valence-electron chi connectivity index (χ2n) is 5.01. The summed E-state index contributed by atoms with van der Waals surface area (Å²) < 4.78 is 0. The molecule has 0 saturated heterocycles. The minimum Gasteiger partial charge on any atom is -0.302 e. The third kappa shape index (κ3) is 3.00. The van der Waals surface area contributed by atoms with E-state index < -0.39 is 0 Å². The number of aromatic nitrogens is 1. The van der Waals surface area contributed by atoms with Crippen molar-refractivity contribution in [3.63, 3.8) is 0 Å². The molecular formula is C16H17ClN2S. The van der Waals surface area contributed by atoms with Crippen molar-refractivity contribution in [1.29, 1.82) is 0 Å². The topological polar surface area (TPSA) is 24.9 Å². The number of pyridine rings is 1. The molecule has 20 heavy (non-hydrogen) atoms. The summed E-state index contributed by atoms with van der Waals surface area (Å²) in [5.74, 6) is 1.14. The molecule has 1 aromatic heterocycles. The van der Waals surface area contributed by atoms with Crippen LogP contribution in [0, 0.1) is 0 Å². The molecule has 1 unspecified atom stereocenters. The highest BCUT2D eigenvalue weighted by atomic mass is 35.5. The quantitative estimate of drug-likeness (QED) is 0.895. The molecule has 0 bridgehead atoms. The highest BCUT2D eigenvalue weighted by Gasteiger charge is 2.22. The Morgan fingerprint density at radius 3 is 3.05 bits per heavy atom. The van der Waals surface area contributed by atoms with Gasteiger partial charge in [0.1, 0.15) is 0 Å². The Morgan fingerprint density at radius 2 is 2.25 bits per heavy atom. The first kappa shape index (κ1) is 13.9. The Labute approximate surface area is 129 Å². The number of nitrogens with one attached hydrogen (secondary N) is 1. The zero-order valence-electron chi connectivity index (χ0n) is 11.3. The van der Waals surface area contributed by atoms with Crippen LogP contribution >= 0.6 is 23.4 Å². The van der Waals surface area contributed by atoms with Gasteiger partial charge < -0.3 is 5.32 Å². The van der Waals surface area contributed by atoms with Crippen LogP contribution in [-0.4, -0.2) is 10.7 Å². The SMILES string of the molecule is C[C@H](NC1CCSc2ccc(Cl)cc21)c1ccccn1. The van der Waals surface area contributed by atoms with Crippen molar-refractivity contribution in [2.24, 2.45) is 0 Å². The normalized spacial score (nSPS) is 19.4. The van der Waals surface area contributed by atoms with Crippen molar-refractivity contribution < 1.29 is 0 Å². The summed E-state index contributed by atoms with van der Waals surface area (Å²) in [4.78, 5) is 5.76. The third-order valence-electron chi connectivity index (χ3n) is 3.59. The fourth-order valence-corrected chi connectivity index (χ4v) is 3.84. The van der Waals surface area contributed by atoms with Crippen LogP contribution in [0.15, 0.2) is 47.5 Å². The molecule has 1 N–H and O–H groups in total. The summed E-state index contributed by atoms with van der Waals surface area (Å²) in [5, 5.41) is 4.49. The lowest BCUT2D eigenvalue weighted by atomic mass is 10.0. The Hall–Kier alpha value is -1.03. The molecule has 2 heterocycles. The van der Waals surface area contributed by atoms with Crippen molar-refractivity contribution >= 4 is 23.4 Å². The standard InChI is InChI=1S/C16H17ClN2S/c1-11(14-4-2-3-8-18-14)19-15-7-9-20-16-6-5-12(17)10-13(15)16/h2-6,8,10-11,15,19H,7,9H2,1H3/t11-,15?/m0/s1. The Bertz CT molecular complexity index is 588. The number of thioether (sulfide) groups is 1. The van der Waals surface area contributed by atoms with E-state index in [0.717, 1.165) is 22.9 Å². The molecule has 2 aromatic rings. The second kappa shape index (κ2) is 6.17. The monoisotopic (exact) mass is 304 g/mol. The lowest BCUT2D eigenvalue weighted by Crippen LogP contribution is -2.27. The molecule has 104 valence electrons. The molecule has 1 aliphatic heterocycles. The molecule has 0 amide bonds. The van der Waals surface area contributed by atoms with Crippen LogP contribution in [0.25, 0.3) is 0 Å². The van der Waals surface area contributed by atoms with Crippen LogP contribution < -0.4 is 5.32 Å². The largest absolute Gasteiger partial charge is 0.302 e. The van der Waals surface area contributed by atoms with Gasteiger partial charge in [0.15, 0.2) is 0 Å². The highest BCUT2D eigenvalue weighted by molar-refractivity contribution is 7.99. The molecule has 0 fully saturated rings. The number of fused-ring (bicyclic) bond motifs is 1. The fourth-order valence-electron chi connectivity index (χ4n) is 2.56. The van der Waals surface area contributed by atoms with E-state index >= 15 is 0 Å². The average Bonchev–Trinajstić information content (AvgIpc) is 2.49. The predicted octanol–water partition coefficient (Wildman–Crippen LogP) is 4.62. The fraction of sp³-hybridized carbons (Fsp3) is 0.312. The van der Waals surface area contributed by atoms with E-state index in [-0.39, 0.29) is 6.04 Å². The molecule has 2 nitrogen and oxygen atoms in total. The summed E-state index contributed by atoms with van der Waals surface area (Å²) in [6.45, 7) is 2.16. The number of nitrogens with zero attached hydrogens (tertiary/aromatic N) is 1. The summed E-state index contributed by atoms with van der Waals surface area (Å²) in [6, 6.07) is 12.8. The first-order valence-corrected chi connectivity index (χ1v) is 8.19. The number of halogens is 1. The molecule has 0 saturated carbocycles. The van der Waals surface area contributed by atoms with E-state index in [2.05, 4.69) is 35.4 Å².